The zero-order valence-corrected chi connectivity index (χ0v) is 24.1. The zero-order chi connectivity index (χ0) is 36.1. The Labute approximate surface area is 260 Å². The maximum atomic E-state index is 12.6. The van der Waals surface area contributed by atoms with Crippen LogP contribution < -0.4 is 0 Å². The van der Waals surface area contributed by atoms with E-state index in [2.05, 4.69) is 27.0 Å². The van der Waals surface area contributed by atoms with Gasteiger partial charge in [0.1, 0.15) is 0 Å². The molecule has 4 rings (SSSR count). The van der Waals surface area contributed by atoms with Gasteiger partial charge >= 0.3 is 36.4 Å². The number of piperidine rings is 1. The second-order valence-electron chi connectivity index (χ2n) is 10.1. The quantitative estimate of drug-likeness (QED) is 0.391. The molecule has 0 aliphatic carbocycles. The third kappa shape index (κ3) is 15.6. The van der Waals surface area contributed by atoms with Gasteiger partial charge in [-0.1, -0.05) is 6.07 Å². The number of aromatic nitrogens is 2. The van der Waals surface area contributed by atoms with Gasteiger partial charge in [-0.3, -0.25) is 19.7 Å². The predicted molar refractivity (Wildman–Crippen MR) is 141 cm³/mol. The Bertz CT molecular complexity index is 1240. The minimum Gasteiger partial charge on any atom is -0.475 e. The van der Waals surface area contributed by atoms with E-state index in [1.54, 1.807) is 12.4 Å². The summed E-state index contributed by atoms with van der Waals surface area (Å²) in [4.78, 5) is 52.1. The van der Waals surface area contributed by atoms with Crippen molar-refractivity contribution in [3.05, 3.63) is 60.2 Å². The van der Waals surface area contributed by atoms with Gasteiger partial charge in [0.05, 0.1) is 6.42 Å². The minimum atomic E-state index is -5.08. The molecule has 1 spiro atoms. The van der Waals surface area contributed by atoms with Gasteiger partial charge in [-0.05, 0) is 60.5 Å². The van der Waals surface area contributed by atoms with Crippen LogP contribution in [-0.4, -0.2) is 104 Å². The van der Waals surface area contributed by atoms with E-state index in [0.29, 0.717) is 11.8 Å². The molecule has 0 unspecified atom stereocenters. The lowest BCUT2D eigenvalue weighted by Crippen LogP contribution is -2.44. The molecule has 47 heavy (non-hydrogen) atoms. The van der Waals surface area contributed by atoms with Gasteiger partial charge in [0, 0.05) is 51.0 Å². The van der Waals surface area contributed by atoms with Gasteiger partial charge < -0.3 is 20.2 Å². The second kappa shape index (κ2) is 17.4. The Balaban J connectivity index is 0.000000430. The molecule has 4 heterocycles. The lowest BCUT2D eigenvalue weighted by atomic mass is 9.77. The molecular formula is C27H29F9N4O7. The van der Waals surface area contributed by atoms with Crippen molar-refractivity contribution in [1.29, 1.82) is 0 Å². The van der Waals surface area contributed by atoms with Crippen LogP contribution in [0.25, 0.3) is 0 Å². The molecule has 0 atom stereocenters. The molecule has 0 radical (unpaired) electrons. The zero-order valence-electron chi connectivity index (χ0n) is 24.1. The summed E-state index contributed by atoms with van der Waals surface area (Å²) in [5, 5.41) is 21.4. The number of rotatable bonds is 4. The number of likely N-dealkylation sites (tertiary alicyclic amines) is 2. The average Bonchev–Trinajstić information content (AvgIpc) is 3.35. The summed E-state index contributed by atoms with van der Waals surface area (Å²) in [7, 11) is 0. The molecule has 262 valence electrons. The summed E-state index contributed by atoms with van der Waals surface area (Å²) in [6.07, 6.45) is -4.01. The minimum absolute atomic E-state index is 0.236. The predicted octanol–water partition coefficient (Wildman–Crippen LogP) is 4.43. The van der Waals surface area contributed by atoms with Crippen LogP contribution in [0.2, 0.25) is 0 Å². The lowest BCUT2D eigenvalue weighted by molar-refractivity contribution is -0.193. The highest BCUT2D eigenvalue weighted by molar-refractivity contribution is 5.78. The van der Waals surface area contributed by atoms with E-state index < -0.39 is 36.4 Å². The Morgan fingerprint density at radius 3 is 1.53 bits per heavy atom. The fraction of sp³-hybridized carbons (Fsp3) is 0.481. The molecule has 3 N–H and O–H groups in total. The van der Waals surface area contributed by atoms with Crippen LogP contribution in [0.5, 0.6) is 0 Å². The average molecular weight is 693 g/mol. The third-order valence-electron chi connectivity index (χ3n) is 6.66. The first-order valence-corrected chi connectivity index (χ1v) is 13.2. The van der Waals surface area contributed by atoms with Gasteiger partial charge in [0.25, 0.3) is 0 Å². The molecule has 2 aliphatic heterocycles. The van der Waals surface area contributed by atoms with Gasteiger partial charge in [-0.25, -0.2) is 14.4 Å². The van der Waals surface area contributed by atoms with Crippen LogP contribution in [0, 0.1) is 5.41 Å². The fourth-order valence-corrected chi connectivity index (χ4v) is 4.34. The van der Waals surface area contributed by atoms with Crippen LogP contribution in [0.4, 0.5) is 39.5 Å². The summed E-state index contributed by atoms with van der Waals surface area (Å²) < 4.78 is 95.2. The number of carbonyl (C=O) groups excluding carboxylic acids is 1. The number of pyridine rings is 2. The van der Waals surface area contributed by atoms with Crippen LogP contribution >= 0.6 is 0 Å². The number of amides is 1. The Morgan fingerprint density at radius 1 is 0.681 bits per heavy atom. The van der Waals surface area contributed by atoms with Gasteiger partial charge in [-0.2, -0.15) is 39.5 Å². The van der Waals surface area contributed by atoms with E-state index >= 15 is 0 Å². The van der Waals surface area contributed by atoms with E-state index in [1.807, 2.05) is 29.4 Å². The molecule has 11 nitrogen and oxygen atoms in total. The SMILES string of the molecule is O=C(Cc1cccnc1)N1CCC2(CCN(Cc3ccncc3)C2)CC1.O=C(O)C(F)(F)F.O=C(O)C(F)(F)F.O=C(O)C(F)(F)F. The second-order valence-corrected chi connectivity index (χ2v) is 10.1. The van der Waals surface area contributed by atoms with Crippen LogP contribution in [-0.2, 0) is 32.1 Å². The molecule has 2 aliphatic rings. The lowest BCUT2D eigenvalue weighted by Gasteiger charge is -2.39. The molecular weight excluding hydrogens is 663 g/mol. The molecule has 2 fully saturated rings. The van der Waals surface area contributed by atoms with Crippen LogP contribution in [0.1, 0.15) is 30.4 Å². The molecule has 2 aromatic rings. The standard InChI is InChI=1S/C21H26N4O.3C2HF3O2/c26-20(14-19-2-1-8-23-15-19)25-12-6-21(7-13-25)5-11-24(17-21)16-18-3-9-22-10-4-18;3*3-2(4,5)1(6)7/h1-4,8-10,15H,5-7,11-14,16-17H2;3*(H,6,7). The highest BCUT2D eigenvalue weighted by Gasteiger charge is 2.41. The molecule has 0 saturated carbocycles. The number of aliphatic carboxylic acids is 3. The van der Waals surface area contributed by atoms with E-state index in [0.717, 1.165) is 51.1 Å². The topological polar surface area (TPSA) is 161 Å². The molecule has 0 aromatic carbocycles. The highest BCUT2D eigenvalue weighted by Crippen LogP contribution is 2.40. The van der Waals surface area contributed by atoms with Crippen molar-refractivity contribution < 1.29 is 74.0 Å². The fourth-order valence-electron chi connectivity index (χ4n) is 4.34. The van der Waals surface area contributed by atoms with Gasteiger partial charge in [-0.15, -0.1) is 0 Å². The normalized spacial score (nSPS) is 16.0. The van der Waals surface area contributed by atoms with Crippen molar-refractivity contribution in [1.82, 2.24) is 19.8 Å². The van der Waals surface area contributed by atoms with Crippen molar-refractivity contribution in [3.8, 4) is 0 Å². The number of hydrogen-bond donors (Lipinski definition) is 3. The highest BCUT2D eigenvalue weighted by atomic mass is 19.4. The van der Waals surface area contributed by atoms with Crippen molar-refractivity contribution in [2.75, 3.05) is 26.2 Å². The first kappa shape index (κ1) is 40.5. The Hall–Kier alpha value is -4.49. The van der Waals surface area contributed by atoms with E-state index in [1.165, 1.54) is 12.0 Å². The first-order chi connectivity index (χ1) is 21.6. The van der Waals surface area contributed by atoms with Gasteiger partial charge in [0.15, 0.2) is 0 Å². The molecule has 2 saturated heterocycles. The van der Waals surface area contributed by atoms with Crippen molar-refractivity contribution >= 4 is 23.8 Å². The Morgan fingerprint density at radius 2 is 1.13 bits per heavy atom. The number of carbonyl (C=O) groups is 4. The summed E-state index contributed by atoms with van der Waals surface area (Å²) in [5.74, 6) is -8.04. The van der Waals surface area contributed by atoms with Gasteiger partial charge in [0.2, 0.25) is 5.91 Å². The van der Waals surface area contributed by atoms with E-state index in [9.17, 15) is 44.3 Å². The molecule has 0 bridgehead atoms. The summed E-state index contributed by atoms with van der Waals surface area (Å²) in [6.45, 7) is 5.10. The number of halogens is 9. The van der Waals surface area contributed by atoms with Crippen molar-refractivity contribution in [2.24, 2.45) is 5.41 Å². The number of nitrogens with zero attached hydrogens (tertiary/aromatic N) is 4. The summed E-state index contributed by atoms with van der Waals surface area (Å²) in [6, 6.07) is 8.07. The van der Waals surface area contributed by atoms with E-state index in [4.69, 9.17) is 29.7 Å². The molecule has 2 aromatic heterocycles. The maximum Gasteiger partial charge on any atom is 0.490 e. The molecule has 20 heteroatoms. The smallest absolute Gasteiger partial charge is 0.475 e. The maximum absolute atomic E-state index is 12.6. The van der Waals surface area contributed by atoms with Crippen LogP contribution in [0.15, 0.2) is 49.1 Å². The monoisotopic (exact) mass is 692 g/mol. The first-order valence-electron chi connectivity index (χ1n) is 13.2. The number of hydrogen-bond acceptors (Lipinski definition) is 7. The van der Waals surface area contributed by atoms with Crippen LogP contribution in [0.3, 0.4) is 0 Å². The summed E-state index contributed by atoms with van der Waals surface area (Å²) >= 11 is 0. The number of carboxylic acids is 3. The van der Waals surface area contributed by atoms with E-state index in [-0.39, 0.29) is 5.91 Å². The summed E-state index contributed by atoms with van der Waals surface area (Å²) in [5.41, 5.74) is 2.74. The Kier molecular flexibility index (Phi) is 15.0. The number of alkyl halides is 9. The number of carboxylic acid groups (broad SMARTS) is 3. The molecule has 1 amide bonds. The van der Waals surface area contributed by atoms with Crippen molar-refractivity contribution in [3.63, 3.8) is 0 Å². The van der Waals surface area contributed by atoms with Crippen molar-refractivity contribution in [2.45, 2.75) is 50.8 Å². The largest absolute Gasteiger partial charge is 0.490 e. The third-order valence-corrected chi connectivity index (χ3v) is 6.66.